The van der Waals surface area contributed by atoms with E-state index in [9.17, 15) is 0 Å². The number of ether oxygens (including phenoxy) is 2. The molecule has 0 atom stereocenters. The number of nitrogens with zero attached hydrogens (tertiary/aromatic N) is 4. The topological polar surface area (TPSA) is 90.5 Å². The summed E-state index contributed by atoms with van der Waals surface area (Å²) in [6, 6.07) is 6.17. The van der Waals surface area contributed by atoms with Crippen LogP contribution in [0.25, 0.3) is 11.0 Å². The summed E-state index contributed by atoms with van der Waals surface area (Å²) in [4.78, 5) is 12.6. The highest BCUT2D eigenvalue weighted by Gasteiger charge is 2.27. The fraction of sp³-hybridized carbons (Fsp3) is 0.520. The van der Waals surface area contributed by atoms with Crippen LogP contribution in [0.1, 0.15) is 33.6 Å². The lowest BCUT2D eigenvalue weighted by molar-refractivity contribution is 0.174. The molecule has 1 aliphatic carbocycles. The molecule has 2 aromatic heterocycles. The highest BCUT2D eigenvalue weighted by molar-refractivity contribution is 7.99. The fourth-order valence-corrected chi connectivity index (χ4v) is 5.29. The van der Waals surface area contributed by atoms with Crippen molar-refractivity contribution >= 4 is 34.3 Å². The second-order valence-electron chi connectivity index (χ2n) is 10.4. The monoisotopic (exact) mass is 482 g/mol. The van der Waals surface area contributed by atoms with Gasteiger partial charge < -0.3 is 30.0 Å². The first-order chi connectivity index (χ1) is 16.3. The van der Waals surface area contributed by atoms with Gasteiger partial charge in [0, 0.05) is 56.5 Å². The standard InChI is InChI=1S/C25H34N6O2S/c1-25(2,3)14-27-9-10-31-17-7-8-28-23(26)22(17)29-24(31)34-21-12-20-19(32-15-33-20)11-18(21)30(4)13-16-5-6-16/h7-8,11-12,16,27H,5-6,9-10,13-15H2,1-4H3,(H2,26,28). The maximum Gasteiger partial charge on any atom is 0.231 e. The van der Waals surface area contributed by atoms with Crippen molar-refractivity contribution in [3.8, 4) is 11.5 Å². The van der Waals surface area contributed by atoms with Crippen molar-refractivity contribution in [3.63, 3.8) is 0 Å². The average Bonchev–Trinajstić information content (AvgIpc) is 3.35. The predicted molar refractivity (Wildman–Crippen MR) is 137 cm³/mol. The van der Waals surface area contributed by atoms with Crippen LogP contribution in [0.15, 0.2) is 34.4 Å². The minimum absolute atomic E-state index is 0.233. The number of nitrogen functional groups attached to an aromatic ring is 1. The molecule has 34 heavy (non-hydrogen) atoms. The number of imidazole rings is 1. The molecule has 1 aliphatic heterocycles. The van der Waals surface area contributed by atoms with Gasteiger partial charge in [0.2, 0.25) is 6.79 Å². The van der Waals surface area contributed by atoms with E-state index in [0.717, 1.165) is 70.4 Å². The van der Waals surface area contributed by atoms with Crippen LogP contribution >= 0.6 is 11.8 Å². The van der Waals surface area contributed by atoms with Gasteiger partial charge in [-0.2, -0.15) is 0 Å². The number of pyridine rings is 1. The first-order valence-corrected chi connectivity index (χ1v) is 12.7. The average molecular weight is 483 g/mol. The van der Waals surface area contributed by atoms with Crippen molar-refractivity contribution in [1.29, 1.82) is 0 Å². The highest BCUT2D eigenvalue weighted by atomic mass is 32.2. The van der Waals surface area contributed by atoms with Gasteiger partial charge in [-0.1, -0.05) is 20.8 Å². The summed E-state index contributed by atoms with van der Waals surface area (Å²) in [7, 11) is 2.15. The van der Waals surface area contributed by atoms with E-state index < -0.39 is 0 Å². The van der Waals surface area contributed by atoms with Crippen LogP contribution in [0.4, 0.5) is 11.5 Å². The minimum atomic E-state index is 0.233. The molecule has 0 radical (unpaired) electrons. The normalized spacial score (nSPS) is 15.3. The van der Waals surface area contributed by atoms with Crippen molar-refractivity contribution in [2.24, 2.45) is 11.3 Å². The van der Waals surface area contributed by atoms with Crippen molar-refractivity contribution < 1.29 is 9.47 Å². The third kappa shape index (κ3) is 5.05. The maximum atomic E-state index is 6.20. The van der Waals surface area contributed by atoms with Crippen LogP contribution < -0.4 is 25.4 Å². The molecule has 1 fully saturated rings. The zero-order valence-electron chi connectivity index (χ0n) is 20.4. The molecule has 3 heterocycles. The number of hydrogen-bond acceptors (Lipinski definition) is 8. The molecule has 0 amide bonds. The Morgan fingerprint density at radius 2 is 2.00 bits per heavy atom. The zero-order chi connectivity index (χ0) is 23.9. The van der Waals surface area contributed by atoms with E-state index in [1.165, 1.54) is 12.8 Å². The van der Waals surface area contributed by atoms with Gasteiger partial charge in [-0.05, 0) is 42.0 Å². The second kappa shape index (κ2) is 9.19. The molecule has 1 saturated carbocycles. The third-order valence-electron chi connectivity index (χ3n) is 6.12. The molecule has 9 heteroatoms. The van der Waals surface area contributed by atoms with Crippen LogP contribution in [-0.4, -0.2) is 48.0 Å². The van der Waals surface area contributed by atoms with Crippen molar-refractivity contribution in [2.45, 2.75) is 50.2 Å². The smallest absolute Gasteiger partial charge is 0.231 e. The molecule has 3 N–H and O–H groups in total. The molecule has 3 aromatic rings. The number of anilines is 2. The van der Waals surface area contributed by atoms with Gasteiger partial charge in [0.1, 0.15) is 5.52 Å². The van der Waals surface area contributed by atoms with E-state index in [4.69, 9.17) is 20.2 Å². The number of nitrogens with two attached hydrogens (primary N) is 1. The number of nitrogens with one attached hydrogen (secondary N) is 1. The Morgan fingerprint density at radius 3 is 2.74 bits per heavy atom. The molecule has 2 aliphatic rings. The molecule has 0 bridgehead atoms. The number of rotatable bonds is 9. The van der Waals surface area contributed by atoms with Crippen LogP contribution in [0, 0.1) is 11.3 Å². The Balaban J connectivity index is 1.47. The van der Waals surface area contributed by atoms with E-state index in [2.05, 4.69) is 59.7 Å². The van der Waals surface area contributed by atoms with E-state index in [1.54, 1.807) is 18.0 Å². The zero-order valence-corrected chi connectivity index (χ0v) is 21.2. The van der Waals surface area contributed by atoms with Gasteiger partial charge in [-0.15, -0.1) is 0 Å². The van der Waals surface area contributed by atoms with Crippen molar-refractivity contribution in [2.75, 3.05) is 44.1 Å². The van der Waals surface area contributed by atoms with E-state index in [-0.39, 0.29) is 12.2 Å². The summed E-state index contributed by atoms with van der Waals surface area (Å²) >= 11 is 1.64. The molecular formula is C25H34N6O2S. The first kappa shape index (κ1) is 23.1. The Kier molecular flexibility index (Phi) is 6.24. The van der Waals surface area contributed by atoms with Gasteiger partial charge in [-0.25, -0.2) is 9.97 Å². The Hall–Kier alpha value is -2.65. The Morgan fingerprint density at radius 1 is 1.24 bits per heavy atom. The Bertz CT molecular complexity index is 1180. The summed E-state index contributed by atoms with van der Waals surface area (Å²) in [6.07, 6.45) is 4.37. The fourth-order valence-electron chi connectivity index (χ4n) is 4.18. The minimum Gasteiger partial charge on any atom is -0.454 e. The van der Waals surface area contributed by atoms with Crippen LogP contribution in [-0.2, 0) is 6.54 Å². The number of aromatic nitrogens is 3. The summed E-state index contributed by atoms with van der Waals surface area (Å²) < 4.78 is 13.6. The second-order valence-corrected chi connectivity index (χ2v) is 11.5. The molecule has 0 spiro atoms. The first-order valence-electron chi connectivity index (χ1n) is 11.9. The number of fused-ring (bicyclic) bond motifs is 2. The number of hydrogen-bond donors (Lipinski definition) is 2. The molecule has 5 rings (SSSR count). The van der Waals surface area contributed by atoms with Crippen molar-refractivity contribution in [3.05, 3.63) is 24.4 Å². The summed E-state index contributed by atoms with van der Waals surface area (Å²) in [6.45, 7) is 10.6. The van der Waals surface area contributed by atoms with Gasteiger partial charge in [-0.3, -0.25) is 0 Å². The third-order valence-corrected chi connectivity index (χ3v) is 7.16. The van der Waals surface area contributed by atoms with Crippen LogP contribution in [0.5, 0.6) is 11.5 Å². The molecule has 0 unspecified atom stereocenters. The molecule has 0 saturated heterocycles. The highest BCUT2D eigenvalue weighted by Crippen LogP contribution is 2.45. The maximum absolute atomic E-state index is 6.20. The van der Waals surface area contributed by atoms with E-state index in [0.29, 0.717) is 5.82 Å². The Labute approximate surface area is 205 Å². The van der Waals surface area contributed by atoms with E-state index in [1.807, 2.05) is 6.07 Å². The SMILES string of the molecule is CN(CC1CC1)c1cc2c(cc1Sc1nc3c(N)nccc3n1CCNCC(C)(C)C)OCO2. The van der Waals surface area contributed by atoms with Crippen LogP contribution in [0.3, 0.4) is 0 Å². The molecule has 1 aromatic carbocycles. The van der Waals surface area contributed by atoms with Gasteiger partial charge >= 0.3 is 0 Å². The molecule has 8 nitrogen and oxygen atoms in total. The lowest BCUT2D eigenvalue weighted by Crippen LogP contribution is -2.29. The summed E-state index contributed by atoms with van der Waals surface area (Å²) in [5.41, 5.74) is 9.32. The quantitative estimate of drug-likeness (QED) is 0.435. The van der Waals surface area contributed by atoms with Gasteiger partial charge in [0.05, 0.1) is 11.2 Å². The van der Waals surface area contributed by atoms with Gasteiger partial charge in [0.25, 0.3) is 0 Å². The summed E-state index contributed by atoms with van der Waals surface area (Å²) in [5.74, 6) is 2.81. The van der Waals surface area contributed by atoms with E-state index >= 15 is 0 Å². The summed E-state index contributed by atoms with van der Waals surface area (Å²) in [5, 5.41) is 4.47. The van der Waals surface area contributed by atoms with Crippen LogP contribution in [0.2, 0.25) is 0 Å². The lowest BCUT2D eigenvalue weighted by Gasteiger charge is -2.23. The van der Waals surface area contributed by atoms with Crippen molar-refractivity contribution in [1.82, 2.24) is 19.9 Å². The number of benzene rings is 1. The molecule has 182 valence electrons. The lowest BCUT2D eigenvalue weighted by atomic mass is 9.97. The largest absolute Gasteiger partial charge is 0.454 e. The van der Waals surface area contributed by atoms with Gasteiger partial charge in [0.15, 0.2) is 22.5 Å². The molecular weight excluding hydrogens is 448 g/mol. The predicted octanol–water partition coefficient (Wildman–Crippen LogP) is 4.38.